The smallest absolute Gasteiger partial charge is 0.170 e. The van der Waals surface area contributed by atoms with Gasteiger partial charge in [0.2, 0.25) is 0 Å². The van der Waals surface area contributed by atoms with Gasteiger partial charge in [-0.25, -0.2) is 23.1 Å². The van der Waals surface area contributed by atoms with Crippen LogP contribution in [0.3, 0.4) is 0 Å². The molecule has 0 aliphatic carbocycles. The van der Waals surface area contributed by atoms with Gasteiger partial charge in [0.25, 0.3) is 0 Å². The topological polar surface area (TPSA) is 125 Å². The number of nitrogens with zero attached hydrogens (tertiary/aromatic N) is 2. The molecule has 0 aliphatic rings. The van der Waals surface area contributed by atoms with Gasteiger partial charge in [-0.05, 0) is 53.4 Å². The Labute approximate surface area is 299 Å². The van der Waals surface area contributed by atoms with E-state index >= 15 is 0 Å². The van der Waals surface area contributed by atoms with Crippen LogP contribution in [0.25, 0.3) is 22.3 Å². The van der Waals surface area contributed by atoms with E-state index in [4.69, 9.17) is 33.1 Å². The highest BCUT2D eigenvalue weighted by atomic mass is 32.2. The number of hydrogen-bond donors (Lipinski definition) is 1. The monoisotopic (exact) mass is 730 g/mol. The van der Waals surface area contributed by atoms with Crippen molar-refractivity contribution in [3.8, 4) is 33.8 Å². The summed E-state index contributed by atoms with van der Waals surface area (Å²) < 4.78 is 43.6. The van der Waals surface area contributed by atoms with Gasteiger partial charge < -0.3 is 9.47 Å². The average Bonchev–Trinajstić information content (AvgIpc) is 3.10. The normalized spacial score (nSPS) is 12.3. The summed E-state index contributed by atoms with van der Waals surface area (Å²) >= 11 is -2.70. The zero-order chi connectivity index (χ0) is 36.1. The van der Waals surface area contributed by atoms with Crippen LogP contribution in [0.4, 0.5) is 0 Å². The summed E-state index contributed by atoms with van der Waals surface area (Å²) in [7, 11) is 3.39. The van der Waals surface area contributed by atoms with Crippen LogP contribution in [0.5, 0.6) is 11.5 Å². The molecule has 1 N–H and O–H groups in total. The Morgan fingerprint density at radius 1 is 0.600 bits per heavy atom. The van der Waals surface area contributed by atoms with Gasteiger partial charge in [0.15, 0.2) is 22.2 Å². The molecule has 272 valence electrons. The largest absolute Gasteiger partial charge is 0.492 e. The summed E-state index contributed by atoms with van der Waals surface area (Å²) in [6, 6.07) is 31.7. The maximum absolute atomic E-state index is 11.0. The minimum absolute atomic E-state index is 0.0291. The highest BCUT2D eigenvalue weighted by Gasteiger charge is 2.11. The third-order valence-electron chi connectivity index (χ3n) is 6.76. The van der Waals surface area contributed by atoms with E-state index in [-0.39, 0.29) is 13.2 Å². The third kappa shape index (κ3) is 15.1. The average molecular weight is 731 g/mol. The molecule has 0 fully saturated rings. The first-order valence-corrected chi connectivity index (χ1v) is 18.8. The number of likely N-dealkylation sites (N-methyl/N-ethyl adjacent to an activating group) is 2. The molecule has 14 heteroatoms. The molecule has 50 heavy (non-hydrogen) atoms. The van der Waals surface area contributed by atoms with Crippen LogP contribution >= 0.6 is 0 Å². The number of hydrogen-bond acceptors (Lipinski definition) is 12. The Kier molecular flexibility index (Phi) is 18.8. The highest BCUT2D eigenvalue weighted by molar-refractivity contribution is 7.79. The highest BCUT2D eigenvalue weighted by Crippen LogP contribution is 2.29. The second kappa shape index (κ2) is 23.0. The summed E-state index contributed by atoms with van der Waals surface area (Å²) in [4.78, 5) is 14.5. The van der Waals surface area contributed by atoms with Crippen LogP contribution < -0.4 is 9.47 Å². The molecule has 12 nitrogen and oxygen atoms in total. The van der Waals surface area contributed by atoms with Crippen LogP contribution in [-0.4, -0.2) is 83.3 Å². The lowest BCUT2D eigenvalue weighted by Gasteiger charge is -2.16. The second-order valence-corrected chi connectivity index (χ2v) is 12.6. The fourth-order valence-corrected chi connectivity index (χ4v) is 5.41. The van der Waals surface area contributed by atoms with Gasteiger partial charge in [0.05, 0.1) is 19.7 Å². The molecule has 4 aromatic carbocycles. The molecule has 0 spiro atoms. The molecule has 0 bridgehead atoms. The van der Waals surface area contributed by atoms with Gasteiger partial charge in [-0.15, -0.1) is 0 Å². The summed E-state index contributed by atoms with van der Waals surface area (Å²) in [5.41, 5.74) is 5.91. The SMILES string of the molecule is CCOOCc1cc(-c2ccccc2)ccc1OCCN(C)OS(C)=O.CN(CCOc1ccc(-c2ccccc2)cc1COO)OS(C)=O. The predicted molar refractivity (Wildman–Crippen MR) is 194 cm³/mol. The summed E-state index contributed by atoms with van der Waals surface area (Å²) in [5, 5.41) is 11.7. The van der Waals surface area contributed by atoms with Gasteiger partial charge in [-0.2, -0.15) is 18.7 Å². The first-order valence-electron chi connectivity index (χ1n) is 15.8. The lowest BCUT2D eigenvalue weighted by Crippen LogP contribution is -2.25. The molecule has 0 aliphatic heterocycles. The van der Waals surface area contributed by atoms with E-state index in [1.807, 2.05) is 91.9 Å². The van der Waals surface area contributed by atoms with Gasteiger partial charge in [0.1, 0.15) is 37.9 Å². The molecule has 2 unspecified atom stereocenters. The Bertz CT molecular complexity index is 1600. The fraction of sp³-hybridized carbons (Fsp3) is 0.333. The first kappa shape index (κ1) is 40.9. The van der Waals surface area contributed by atoms with Crippen molar-refractivity contribution in [2.75, 3.05) is 59.5 Å². The van der Waals surface area contributed by atoms with Crippen LogP contribution in [0.2, 0.25) is 0 Å². The first-order chi connectivity index (χ1) is 24.2. The Balaban J connectivity index is 0.000000271. The summed E-state index contributed by atoms with van der Waals surface area (Å²) in [5.74, 6) is 1.34. The Morgan fingerprint density at radius 3 is 1.44 bits per heavy atom. The van der Waals surface area contributed by atoms with Crippen molar-refractivity contribution in [2.45, 2.75) is 20.1 Å². The minimum atomic E-state index is -1.36. The lowest BCUT2D eigenvalue weighted by molar-refractivity contribution is -0.300. The molecule has 4 aromatic rings. The Morgan fingerprint density at radius 2 is 1.04 bits per heavy atom. The van der Waals surface area contributed by atoms with E-state index in [0.29, 0.717) is 38.7 Å². The predicted octanol–water partition coefficient (Wildman–Crippen LogP) is 6.24. The number of rotatable bonds is 20. The van der Waals surface area contributed by atoms with Gasteiger partial charge in [0, 0.05) is 37.7 Å². The van der Waals surface area contributed by atoms with E-state index in [1.165, 1.54) is 22.6 Å². The maximum Gasteiger partial charge on any atom is 0.170 e. The molecular weight excluding hydrogens is 685 g/mol. The van der Waals surface area contributed by atoms with Crippen molar-refractivity contribution in [2.24, 2.45) is 0 Å². The third-order valence-corrected chi connectivity index (χ3v) is 7.69. The van der Waals surface area contributed by atoms with E-state index in [2.05, 4.69) is 17.0 Å². The zero-order valence-corrected chi connectivity index (χ0v) is 30.7. The summed E-state index contributed by atoms with van der Waals surface area (Å²) in [6.45, 7) is 4.31. The second-order valence-electron chi connectivity index (χ2n) is 10.7. The zero-order valence-electron chi connectivity index (χ0n) is 29.0. The van der Waals surface area contributed by atoms with Gasteiger partial charge >= 0.3 is 0 Å². The maximum atomic E-state index is 11.0. The molecule has 0 saturated carbocycles. The standard InChI is InChI=1S/C19H25NO5S.C17H21NO5S/c1-4-23-24-15-18-14-17(16-8-6-5-7-9-16)10-11-19(18)22-13-12-20(2)25-26(3)21;1-18(23-24(2)20)10-11-21-17-9-8-15(12-16(17)13-22-19)14-6-4-3-5-7-14/h5-11,14H,4,12-13,15H2,1-3H3;3-9,12,19H,10-11,13H2,1-2H3. The Hall–Kier alpha value is -3.54. The fourth-order valence-electron chi connectivity index (χ4n) is 4.55. The van der Waals surface area contributed by atoms with Crippen molar-refractivity contribution in [3.05, 3.63) is 108 Å². The van der Waals surface area contributed by atoms with E-state index in [9.17, 15) is 8.42 Å². The number of ether oxygens (including phenoxy) is 2. The number of benzene rings is 4. The molecule has 0 heterocycles. The van der Waals surface area contributed by atoms with E-state index in [1.54, 1.807) is 14.1 Å². The molecule has 0 amide bonds. The molecule has 2 atom stereocenters. The molecular formula is C36H46N2O10S2. The van der Waals surface area contributed by atoms with Gasteiger partial charge in [-0.1, -0.05) is 72.8 Å². The van der Waals surface area contributed by atoms with E-state index in [0.717, 1.165) is 39.1 Å². The molecule has 0 saturated heterocycles. The number of hydroxylamine groups is 4. The van der Waals surface area contributed by atoms with Crippen molar-refractivity contribution < 1.29 is 46.4 Å². The van der Waals surface area contributed by atoms with Crippen LogP contribution in [0.1, 0.15) is 18.1 Å². The van der Waals surface area contributed by atoms with Crippen molar-refractivity contribution in [1.29, 1.82) is 0 Å². The van der Waals surface area contributed by atoms with E-state index < -0.39 is 22.2 Å². The van der Waals surface area contributed by atoms with Crippen LogP contribution in [0.15, 0.2) is 97.1 Å². The van der Waals surface area contributed by atoms with Crippen LogP contribution in [-0.2, 0) is 58.6 Å². The summed E-state index contributed by atoms with van der Waals surface area (Å²) in [6.07, 6.45) is 2.93. The molecule has 0 aromatic heterocycles. The van der Waals surface area contributed by atoms with Gasteiger partial charge in [-0.3, -0.25) is 5.26 Å². The molecule has 4 rings (SSSR count). The van der Waals surface area contributed by atoms with Crippen molar-refractivity contribution in [3.63, 3.8) is 0 Å². The lowest BCUT2D eigenvalue weighted by atomic mass is 10.0. The van der Waals surface area contributed by atoms with Crippen molar-refractivity contribution in [1.82, 2.24) is 10.1 Å². The van der Waals surface area contributed by atoms with Crippen LogP contribution in [0, 0.1) is 0 Å². The molecule has 0 radical (unpaired) electrons. The van der Waals surface area contributed by atoms with Crippen molar-refractivity contribution >= 4 is 22.2 Å². The minimum Gasteiger partial charge on any atom is -0.492 e. The quantitative estimate of drug-likeness (QED) is 0.0629.